The van der Waals surface area contributed by atoms with Crippen LogP contribution in [0.1, 0.15) is 41.8 Å². The Labute approximate surface area is 118 Å². The highest BCUT2D eigenvalue weighted by atomic mass is 16.5. The third kappa shape index (κ3) is 2.54. The Morgan fingerprint density at radius 2 is 2.30 bits per heavy atom. The van der Waals surface area contributed by atoms with Crippen LogP contribution in [0.2, 0.25) is 0 Å². The van der Waals surface area contributed by atoms with E-state index in [1.54, 1.807) is 6.92 Å². The molecule has 1 N–H and O–H groups in total. The average Bonchev–Trinajstić information content (AvgIpc) is 2.90. The smallest absolute Gasteiger partial charge is 0.253 e. The summed E-state index contributed by atoms with van der Waals surface area (Å²) in [5.74, 6) is 2.01. The Balaban J connectivity index is 1.80. The van der Waals surface area contributed by atoms with Crippen molar-refractivity contribution in [3.8, 4) is 5.75 Å². The summed E-state index contributed by atoms with van der Waals surface area (Å²) in [5.41, 5.74) is 2.65. The van der Waals surface area contributed by atoms with E-state index in [4.69, 9.17) is 9.15 Å². The van der Waals surface area contributed by atoms with E-state index in [0.29, 0.717) is 24.4 Å². The quantitative estimate of drug-likeness (QED) is 0.927. The maximum Gasteiger partial charge on any atom is 0.253 e. The molecule has 0 spiro atoms. The minimum Gasteiger partial charge on any atom is -0.484 e. The van der Waals surface area contributed by atoms with Gasteiger partial charge < -0.3 is 14.5 Å². The number of rotatable bonds is 4. The predicted octanol–water partition coefficient (Wildman–Crippen LogP) is 2.55. The van der Waals surface area contributed by atoms with E-state index in [0.717, 1.165) is 12.2 Å². The molecule has 1 aliphatic rings. The number of ether oxygens (including phenoxy) is 1. The molecule has 0 saturated heterocycles. The SMILES string of the molecule is CNC1CCCc2c(OCc3nnc(C)o3)cccc21. The van der Waals surface area contributed by atoms with Gasteiger partial charge >= 0.3 is 0 Å². The van der Waals surface area contributed by atoms with E-state index < -0.39 is 0 Å². The standard InChI is InChI=1S/C15H19N3O2/c1-10-17-18-15(20-10)9-19-14-8-4-5-11-12(14)6-3-7-13(11)16-2/h4-5,8,13,16H,3,6-7,9H2,1-2H3. The zero-order valence-electron chi connectivity index (χ0n) is 11.8. The molecule has 5 nitrogen and oxygen atoms in total. The van der Waals surface area contributed by atoms with Gasteiger partial charge in [-0.2, -0.15) is 0 Å². The maximum atomic E-state index is 5.87. The number of benzene rings is 1. The Morgan fingerprint density at radius 3 is 3.05 bits per heavy atom. The monoisotopic (exact) mass is 273 g/mol. The summed E-state index contributed by atoms with van der Waals surface area (Å²) in [6.07, 6.45) is 3.42. The van der Waals surface area contributed by atoms with Gasteiger partial charge in [0, 0.05) is 13.0 Å². The zero-order valence-corrected chi connectivity index (χ0v) is 11.8. The number of fused-ring (bicyclic) bond motifs is 1. The molecule has 3 rings (SSSR count). The summed E-state index contributed by atoms with van der Waals surface area (Å²) < 4.78 is 11.2. The molecule has 0 amide bonds. The highest BCUT2D eigenvalue weighted by Crippen LogP contribution is 2.35. The predicted molar refractivity (Wildman–Crippen MR) is 74.5 cm³/mol. The van der Waals surface area contributed by atoms with Crippen LogP contribution in [0, 0.1) is 6.92 Å². The average molecular weight is 273 g/mol. The van der Waals surface area contributed by atoms with E-state index in [2.05, 4.69) is 21.6 Å². The third-order valence-electron chi connectivity index (χ3n) is 3.73. The molecule has 0 bridgehead atoms. The molecule has 1 aromatic heterocycles. The summed E-state index contributed by atoms with van der Waals surface area (Å²) in [5, 5.41) is 11.1. The lowest BCUT2D eigenvalue weighted by molar-refractivity contribution is 0.256. The second kappa shape index (κ2) is 5.63. The minimum absolute atomic E-state index is 0.321. The van der Waals surface area contributed by atoms with Gasteiger partial charge in [-0.25, -0.2) is 0 Å². The molecule has 0 saturated carbocycles. The molecule has 1 unspecified atom stereocenters. The van der Waals surface area contributed by atoms with Gasteiger partial charge in [0.05, 0.1) is 0 Å². The van der Waals surface area contributed by atoms with Crippen molar-refractivity contribution >= 4 is 0 Å². The molecule has 1 aliphatic carbocycles. The second-order valence-electron chi connectivity index (χ2n) is 5.06. The summed E-state index contributed by atoms with van der Waals surface area (Å²) in [4.78, 5) is 0. The van der Waals surface area contributed by atoms with Crippen molar-refractivity contribution in [2.75, 3.05) is 7.05 Å². The molecule has 0 aliphatic heterocycles. The fourth-order valence-corrected chi connectivity index (χ4v) is 2.79. The van der Waals surface area contributed by atoms with Gasteiger partial charge in [0.1, 0.15) is 5.75 Å². The van der Waals surface area contributed by atoms with Gasteiger partial charge in [-0.3, -0.25) is 0 Å². The first kappa shape index (κ1) is 13.1. The zero-order chi connectivity index (χ0) is 13.9. The van der Waals surface area contributed by atoms with Crippen molar-refractivity contribution in [2.45, 2.75) is 38.8 Å². The molecule has 5 heteroatoms. The Hall–Kier alpha value is -1.88. The number of aryl methyl sites for hydroxylation is 1. The highest BCUT2D eigenvalue weighted by molar-refractivity contribution is 5.43. The van der Waals surface area contributed by atoms with Crippen LogP contribution >= 0.6 is 0 Å². The highest BCUT2D eigenvalue weighted by Gasteiger charge is 2.21. The fourth-order valence-electron chi connectivity index (χ4n) is 2.79. The lowest BCUT2D eigenvalue weighted by Gasteiger charge is -2.26. The van der Waals surface area contributed by atoms with Crippen molar-refractivity contribution in [2.24, 2.45) is 0 Å². The summed E-state index contributed by atoms with van der Waals surface area (Å²) in [7, 11) is 2.01. The molecule has 0 fully saturated rings. The number of nitrogens with one attached hydrogen (secondary N) is 1. The maximum absolute atomic E-state index is 5.87. The van der Waals surface area contributed by atoms with Crippen molar-refractivity contribution in [3.63, 3.8) is 0 Å². The van der Waals surface area contributed by atoms with Crippen LogP contribution < -0.4 is 10.1 Å². The molecular formula is C15H19N3O2. The van der Waals surface area contributed by atoms with Crippen LogP contribution in [0.5, 0.6) is 5.75 Å². The Kier molecular flexibility index (Phi) is 3.69. The van der Waals surface area contributed by atoms with Gasteiger partial charge in [-0.1, -0.05) is 12.1 Å². The van der Waals surface area contributed by atoms with Gasteiger partial charge in [-0.15, -0.1) is 10.2 Å². The first-order valence-corrected chi connectivity index (χ1v) is 6.98. The van der Waals surface area contributed by atoms with E-state index in [9.17, 15) is 0 Å². The lowest BCUT2D eigenvalue weighted by Crippen LogP contribution is -2.22. The van der Waals surface area contributed by atoms with Crippen LogP contribution in [0.25, 0.3) is 0 Å². The summed E-state index contributed by atoms with van der Waals surface area (Å²) in [6.45, 7) is 2.10. The molecule has 0 radical (unpaired) electrons. The van der Waals surface area contributed by atoms with Crippen molar-refractivity contribution in [1.29, 1.82) is 0 Å². The van der Waals surface area contributed by atoms with Crippen molar-refractivity contribution in [3.05, 3.63) is 41.1 Å². The van der Waals surface area contributed by atoms with Crippen LogP contribution in [-0.2, 0) is 13.0 Å². The largest absolute Gasteiger partial charge is 0.484 e. The third-order valence-corrected chi connectivity index (χ3v) is 3.73. The number of hydrogen-bond acceptors (Lipinski definition) is 5. The Morgan fingerprint density at radius 1 is 1.40 bits per heavy atom. The first-order chi connectivity index (χ1) is 9.78. The van der Waals surface area contributed by atoms with Gasteiger partial charge in [-0.05, 0) is 43.5 Å². The van der Waals surface area contributed by atoms with Crippen LogP contribution in [0.4, 0.5) is 0 Å². The topological polar surface area (TPSA) is 60.2 Å². The summed E-state index contributed by atoms with van der Waals surface area (Å²) >= 11 is 0. The molecule has 2 aromatic rings. The number of hydrogen-bond donors (Lipinski definition) is 1. The van der Waals surface area contributed by atoms with Crippen LogP contribution in [-0.4, -0.2) is 17.2 Å². The van der Waals surface area contributed by atoms with E-state index in [1.165, 1.54) is 24.0 Å². The number of aromatic nitrogens is 2. The molecule has 1 atom stereocenters. The van der Waals surface area contributed by atoms with Crippen molar-refractivity contribution in [1.82, 2.24) is 15.5 Å². The number of nitrogens with zero attached hydrogens (tertiary/aromatic N) is 2. The van der Waals surface area contributed by atoms with Gasteiger partial charge in [0.25, 0.3) is 5.89 Å². The van der Waals surface area contributed by atoms with E-state index >= 15 is 0 Å². The Bertz CT molecular complexity index is 595. The molecule has 106 valence electrons. The lowest BCUT2D eigenvalue weighted by atomic mass is 9.87. The fraction of sp³-hybridized carbons (Fsp3) is 0.467. The second-order valence-corrected chi connectivity index (χ2v) is 5.06. The van der Waals surface area contributed by atoms with Gasteiger partial charge in [0.15, 0.2) is 6.61 Å². The molecule has 1 heterocycles. The molecule has 1 aromatic carbocycles. The molecule has 20 heavy (non-hydrogen) atoms. The van der Waals surface area contributed by atoms with E-state index in [-0.39, 0.29) is 0 Å². The van der Waals surface area contributed by atoms with Crippen molar-refractivity contribution < 1.29 is 9.15 Å². The van der Waals surface area contributed by atoms with Crippen LogP contribution in [0.15, 0.2) is 22.6 Å². The minimum atomic E-state index is 0.321. The van der Waals surface area contributed by atoms with E-state index in [1.807, 2.05) is 19.2 Å². The van der Waals surface area contributed by atoms with Gasteiger partial charge in [0.2, 0.25) is 5.89 Å². The van der Waals surface area contributed by atoms with Crippen LogP contribution in [0.3, 0.4) is 0 Å². The summed E-state index contributed by atoms with van der Waals surface area (Å²) in [6, 6.07) is 6.66. The molecular weight excluding hydrogens is 254 g/mol. The first-order valence-electron chi connectivity index (χ1n) is 6.98. The normalized spacial score (nSPS) is 17.8.